The van der Waals surface area contributed by atoms with E-state index in [4.69, 9.17) is 9.47 Å². The number of carbonyl (C=O) groups is 1. The molecule has 3 aromatic carbocycles. The molecule has 0 fully saturated rings. The summed E-state index contributed by atoms with van der Waals surface area (Å²) in [5.41, 5.74) is 4.68. The van der Waals surface area contributed by atoms with Gasteiger partial charge in [-0.25, -0.2) is 4.79 Å². The number of hydrogen-bond acceptors (Lipinski definition) is 3. The Balaban J connectivity index is 1.84. The molecule has 0 aliphatic heterocycles. The second-order valence-electron chi connectivity index (χ2n) is 7.59. The van der Waals surface area contributed by atoms with Gasteiger partial charge in [-0.05, 0) is 48.1 Å². The van der Waals surface area contributed by atoms with Crippen molar-refractivity contribution >= 4 is 5.97 Å². The minimum absolute atomic E-state index is 0.250. The first-order chi connectivity index (χ1) is 14.7. The van der Waals surface area contributed by atoms with Crippen LogP contribution in [0.2, 0.25) is 0 Å². The quantitative estimate of drug-likeness (QED) is 0.281. The lowest BCUT2D eigenvalue weighted by atomic mass is 9.98. The van der Waals surface area contributed by atoms with E-state index in [1.165, 1.54) is 0 Å². The van der Waals surface area contributed by atoms with Gasteiger partial charge in [0, 0.05) is 0 Å². The third-order valence-electron chi connectivity index (χ3n) is 5.03. The fourth-order valence-corrected chi connectivity index (χ4v) is 3.46. The molecule has 30 heavy (non-hydrogen) atoms. The molecular formula is C27H30O3. The number of rotatable bonds is 10. The van der Waals surface area contributed by atoms with Gasteiger partial charge in [0.05, 0.1) is 0 Å². The van der Waals surface area contributed by atoms with E-state index in [1.54, 1.807) is 0 Å². The lowest BCUT2D eigenvalue weighted by Crippen LogP contribution is -2.12. The van der Waals surface area contributed by atoms with Gasteiger partial charge in [0.2, 0.25) is 0 Å². The van der Waals surface area contributed by atoms with Crippen molar-refractivity contribution in [2.24, 2.45) is 0 Å². The fraction of sp³-hybridized carbons (Fsp3) is 0.296. The molecule has 0 radical (unpaired) electrons. The Kier molecular flexibility index (Phi) is 8.08. The zero-order valence-corrected chi connectivity index (χ0v) is 17.9. The maximum atomic E-state index is 13.1. The molecule has 3 aromatic rings. The number of ether oxygens (including phenoxy) is 2. The highest BCUT2D eigenvalue weighted by Gasteiger charge is 2.20. The number of carbonyl (C=O) groups excluding carboxylic acids is 1. The maximum absolute atomic E-state index is 13.1. The molecule has 0 unspecified atom stereocenters. The Hall–Kier alpha value is -3.07. The second kappa shape index (κ2) is 11.2. The molecule has 0 amide bonds. The highest BCUT2D eigenvalue weighted by atomic mass is 16.5. The molecule has 0 saturated heterocycles. The van der Waals surface area contributed by atoms with Crippen LogP contribution in [0.5, 0.6) is 5.75 Å². The minimum Gasteiger partial charge on any atom is -0.488 e. The van der Waals surface area contributed by atoms with Crippen LogP contribution >= 0.6 is 0 Å². The van der Waals surface area contributed by atoms with Gasteiger partial charge >= 0.3 is 5.97 Å². The minimum atomic E-state index is -0.326. The first-order valence-corrected chi connectivity index (χ1v) is 10.7. The fourth-order valence-electron chi connectivity index (χ4n) is 3.46. The summed E-state index contributed by atoms with van der Waals surface area (Å²) in [5, 5.41) is 0. The van der Waals surface area contributed by atoms with E-state index in [9.17, 15) is 4.79 Å². The normalized spacial score (nSPS) is 10.6. The van der Waals surface area contributed by atoms with Crippen molar-refractivity contribution in [2.45, 2.75) is 52.7 Å². The van der Waals surface area contributed by atoms with E-state index >= 15 is 0 Å². The van der Waals surface area contributed by atoms with Gasteiger partial charge in [0.15, 0.2) is 0 Å². The molecule has 0 spiro atoms. The van der Waals surface area contributed by atoms with Crippen LogP contribution in [0.15, 0.2) is 72.8 Å². The van der Waals surface area contributed by atoms with Gasteiger partial charge in [-0.3, -0.25) is 0 Å². The Morgan fingerprint density at radius 1 is 0.833 bits per heavy atom. The first kappa shape index (κ1) is 21.6. The third kappa shape index (κ3) is 6.21. The molecule has 0 aliphatic rings. The van der Waals surface area contributed by atoms with Gasteiger partial charge < -0.3 is 9.47 Å². The van der Waals surface area contributed by atoms with Gasteiger partial charge in [0.25, 0.3) is 0 Å². The zero-order valence-electron chi connectivity index (χ0n) is 17.9. The van der Waals surface area contributed by atoms with E-state index in [0.29, 0.717) is 17.9 Å². The number of benzene rings is 3. The molecule has 3 heteroatoms. The standard InChI is InChI=1S/C27H30O3/c1-3-4-7-16-24-17-21(2)18-25(29-19-22-12-8-5-9-13-22)26(24)27(28)30-20-23-14-10-6-11-15-23/h5-6,8-15,17-18H,3-4,7,16,19-20H2,1-2H3. The summed E-state index contributed by atoms with van der Waals surface area (Å²) in [6, 6.07) is 23.8. The molecular weight excluding hydrogens is 372 g/mol. The molecule has 0 bridgehead atoms. The highest BCUT2D eigenvalue weighted by molar-refractivity contribution is 5.94. The lowest BCUT2D eigenvalue weighted by Gasteiger charge is -2.17. The maximum Gasteiger partial charge on any atom is 0.342 e. The monoisotopic (exact) mass is 402 g/mol. The average Bonchev–Trinajstić information content (AvgIpc) is 2.77. The van der Waals surface area contributed by atoms with Crippen LogP contribution in [-0.2, 0) is 24.4 Å². The van der Waals surface area contributed by atoms with Crippen molar-refractivity contribution in [3.05, 3.63) is 101 Å². The lowest BCUT2D eigenvalue weighted by molar-refractivity contribution is 0.0466. The molecule has 3 rings (SSSR count). The van der Waals surface area contributed by atoms with E-state index in [0.717, 1.165) is 47.9 Å². The molecule has 0 aliphatic carbocycles. The van der Waals surface area contributed by atoms with Crippen LogP contribution in [0.1, 0.15) is 58.8 Å². The van der Waals surface area contributed by atoms with Crippen LogP contribution in [0.25, 0.3) is 0 Å². The Morgan fingerprint density at radius 3 is 2.10 bits per heavy atom. The molecule has 0 heterocycles. The molecule has 0 saturated carbocycles. The summed E-state index contributed by atoms with van der Waals surface area (Å²) >= 11 is 0. The van der Waals surface area contributed by atoms with Crippen molar-refractivity contribution in [2.75, 3.05) is 0 Å². The highest BCUT2D eigenvalue weighted by Crippen LogP contribution is 2.28. The predicted molar refractivity (Wildman–Crippen MR) is 121 cm³/mol. The Bertz CT molecular complexity index is 933. The van der Waals surface area contributed by atoms with Crippen molar-refractivity contribution in [3.63, 3.8) is 0 Å². The summed E-state index contributed by atoms with van der Waals surface area (Å²) in [6.45, 7) is 4.88. The van der Waals surface area contributed by atoms with E-state index in [1.807, 2.05) is 73.7 Å². The van der Waals surface area contributed by atoms with Crippen molar-refractivity contribution < 1.29 is 14.3 Å². The number of esters is 1. The SMILES string of the molecule is CCCCCc1cc(C)cc(OCc2ccccc2)c1C(=O)OCc1ccccc1. The van der Waals surface area contributed by atoms with Gasteiger partial charge in [-0.2, -0.15) is 0 Å². The second-order valence-corrected chi connectivity index (χ2v) is 7.59. The van der Waals surface area contributed by atoms with E-state index in [2.05, 4.69) is 13.0 Å². The Morgan fingerprint density at radius 2 is 1.47 bits per heavy atom. The van der Waals surface area contributed by atoms with Gasteiger partial charge in [-0.1, -0.05) is 86.5 Å². The van der Waals surface area contributed by atoms with Crippen molar-refractivity contribution in [1.82, 2.24) is 0 Å². The van der Waals surface area contributed by atoms with Crippen LogP contribution < -0.4 is 4.74 Å². The van der Waals surface area contributed by atoms with Crippen molar-refractivity contribution in [3.8, 4) is 5.75 Å². The van der Waals surface area contributed by atoms with Crippen LogP contribution in [-0.4, -0.2) is 5.97 Å². The number of unbranched alkanes of at least 4 members (excludes halogenated alkanes) is 2. The summed E-state index contributed by atoms with van der Waals surface area (Å²) in [6.07, 6.45) is 4.15. The van der Waals surface area contributed by atoms with Crippen LogP contribution in [0.4, 0.5) is 0 Å². The smallest absolute Gasteiger partial charge is 0.342 e. The number of aryl methyl sites for hydroxylation is 2. The topological polar surface area (TPSA) is 35.5 Å². The van der Waals surface area contributed by atoms with Gasteiger partial charge in [0.1, 0.15) is 24.5 Å². The average molecular weight is 403 g/mol. The Labute approximate surface area is 179 Å². The summed E-state index contributed by atoms with van der Waals surface area (Å²) in [4.78, 5) is 13.1. The molecule has 0 aromatic heterocycles. The summed E-state index contributed by atoms with van der Waals surface area (Å²) in [5.74, 6) is 0.275. The van der Waals surface area contributed by atoms with Gasteiger partial charge in [-0.15, -0.1) is 0 Å². The number of hydrogen-bond donors (Lipinski definition) is 0. The molecule has 0 atom stereocenters. The molecule has 3 nitrogen and oxygen atoms in total. The van der Waals surface area contributed by atoms with Crippen LogP contribution in [0, 0.1) is 6.92 Å². The predicted octanol–water partition coefficient (Wildman–Crippen LogP) is 6.66. The first-order valence-electron chi connectivity index (χ1n) is 10.7. The molecule has 156 valence electrons. The van der Waals surface area contributed by atoms with Crippen molar-refractivity contribution in [1.29, 1.82) is 0 Å². The van der Waals surface area contributed by atoms with E-state index < -0.39 is 0 Å². The molecule has 0 N–H and O–H groups in total. The largest absolute Gasteiger partial charge is 0.488 e. The van der Waals surface area contributed by atoms with E-state index in [-0.39, 0.29) is 12.6 Å². The summed E-state index contributed by atoms with van der Waals surface area (Å²) < 4.78 is 11.8. The summed E-state index contributed by atoms with van der Waals surface area (Å²) in [7, 11) is 0. The third-order valence-corrected chi connectivity index (χ3v) is 5.03. The van der Waals surface area contributed by atoms with Crippen LogP contribution in [0.3, 0.4) is 0 Å². The zero-order chi connectivity index (χ0) is 21.2.